The summed E-state index contributed by atoms with van der Waals surface area (Å²) in [6, 6.07) is 16.7. The predicted molar refractivity (Wildman–Crippen MR) is 157 cm³/mol. The van der Waals surface area contributed by atoms with Crippen LogP contribution in [0.15, 0.2) is 69.0 Å². The number of fused-ring (bicyclic) bond motifs is 1. The SMILES string of the molecule is COc1cc(C=Nn2c(C(C)(C)C)nc3ccc(Br)cc3c2=O)cc(I)c1OCc1ccc(Cl)cc1. The molecule has 36 heavy (non-hydrogen) atoms. The fourth-order valence-corrected chi connectivity index (χ4v) is 4.82. The van der Waals surface area contributed by atoms with E-state index in [1.807, 2.05) is 69.3 Å². The molecule has 3 aromatic carbocycles. The van der Waals surface area contributed by atoms with E-state index < -0.39 is 5.41 Å². The van der Waals surface area contributed by atoms with Crippen molar-refractivity contribution in [1.82, 2.24) is 9.66 Å². The van der Waals surface area contributed by atoms with E-state index in [2.05, 4.69) is 43.6 Å². The molecule has 0 unspecified atom stereocenters. The van der Waals surface area contributed by atoms with Gasteiger partial charge in [-0.3, -0.25) is 4.79 Å². The lowest BCUT2D eigenvalue weighted by Crippen LogP contribution is -2.29. The maximum atomic E-state index is 13.4. The highest BCUT2D eigenvalue weighted by Crippen LogP contribution is 2.34. The molecule has 0 aliphatic heterocycles. The predicted octanol–water partition coefficient (Wildman–Crippen LogP) is 7.18. The maximum Gasteiger partial charge on any atom is 0.282 e. The van der Waals surface area contributed by atoms with Crippen molar-refractivity contribution in [2.75, 3.05) is 7.11 Å². The van der Waals surface area contributed by atoms with Gasteiger partial charge in [-0.25, -0.2) is 4.98 Å². The Bertz CT molecular complexity index is 1510. The molecule has 0 bridgehead atoms. The summed E-state index contributed by atoms with van der Waals surface area (Å²) in [5.41, 5.74) is 1.76. The lowest BCUT2D eigenvalue weighted by molar-refractivity contribution is 0.282. The number of benzene rings is 3. The summed E-state index contributed by atoms with van der Waals surface area (Å²) in [5, 5.41) is 5.73. The smallest absolute Gasteiger partial charge is 0.282 e. The van der Waals surface area contributed by atoms with Crippen molar-refractivity contribution in [2.45, 2.75) is 32.8 Å². The molecule has 0 amide bonds. The van der Waals surface area contributed by atoms with Crippen molar-refractivity contribution in [3.05, 3.63) is 95.0 Å². The molecule has 0 fully saturated rings. The molecule has 4 rings (SSSR count). The second-order valence-corrected chi connectivity index (χ2v) is 11.7. The van der Waals surface area contributed by atoms with Gasteiger partial charge in [0.1, 0.15) is 12.4 Å². The molecule has 0 saturated carbocycles. The van der Waals surface area contributed by atoms with Crippen LogP contribution < -0.4 is 15.0 Å². The van der Waals surface area contributed by atoms with Crippen molar-refractivity contribution in [1.29, 1.82) is 0 Å². The van der Waals surface area contributed by atoms with Gasteiger partial charge in [0.2, 0.25) is 0 Å². The zero-order valence-corrected chi connectivity index (χ0v) is 24.7. The maximum absolute atomic E-state index is 13.4. The summed E-state index contributed by atoms with van der Waals surface area (Å²) in [6.07, 6.45) is 1.63. The first-order chi connectivity index (χ1) is 17.1. The summed E-state index contributed by atoms with van der Waals surface area (Å²) in [6.45, 7) is 6.39. The number of halogens is 3. The second-order valence-electron chi connectivity index (χ2n) is 9.16. The molecule has 0 aliphatic rings. The number of hydrogen-bond donors (Lipinski definition) is 0. The molecule has 0 saturated heterocycles. The summed E-state index contributed by atoms with van der Waals surface area (Å²) in [7, 11) is 1.59. The van der Waals surface area contributed by atoms with Crippen molar-refractivity contribution in [3.63, 3.8) is 0 Å². The van der Waals surface area contributed by atoms with E-state index in [9.17, 15) is 4.79 Å². The van der Waals surface area contributed by atoms with Crippen molar-refractivity contribution >= 4 is 67.2 Å². The summed E-state index contributed by atoms with van der Waals surface area (Å²) in [4.78, 5) is 18.1. The lowest BCUT2D eigenvalue weighted by Gasteiger charge is -2.21. The Morgan fingerprint density at radius 3 is 2.53 bits per heavy atom. The van der Waals surface area contributed by atoms with E-state index in [1.54, 1.807) is 19.4 Å². The Morgan fingerprint density at radius 1 is 1.14 bits per heavy atom. The molecule has 0 atom stereocenters. The van der Waals surface area contributed by atoms with Crippen LogP contribution in [0.5, 0.6) is 11.5 Å². The van der Waals surface area contributed by atoms with Crippen LogP contribution in [0, 0.1) is 3.57 Å². The number of methoxy groups -OCH3 is 1. The van der Waals surface area contributed by atoms with Gasteiger partial charge < -0.3 is 9.47 Å². The van der Waals surface area contributed by atoms with Gasteiger partial charge in [-0.2, -0.15) is 9.78 Å². The fraction of sp³-hybridized carbons (Fsp3) is 0.222. The molecule has 0 N–H and O–H groups in total. The highest BCUT2D eigenvalue weighted by atomic mass is 127. The van der Waals surface area contributed by atoms with Crippen LogP contribution in [0.3, 0.4) is 0 Å². The van der Waals surface area contributed by atoms with Gasteiger partial charge in [0, 0.05) is 14.9 Å². The molecule has 4 aromatic rings. The van der Waals surface area contributed by atoms with Crippen LogP contribution in [0.4, 0.5) is 0 Å². The van der Waals surface area contributed by atoms with Crippen LogP contribution in [0.25, 0.3) is 10.9 Å². The summed E-state index contributed by atoms with van der Waals surface area (Å²) < 4.78 is 14.7. The molecule has 6 nitrogen and oxygen atoms in total. The lowest BCUT2D eigenvalue weighted by atomic mass is 9.95. The quantitative estimate of drug-likeness (QED) is 0.160. The van der Waals surface area contributed by atoms with Gasteiger partial charge >= 0.3 is 0 Å². The highest BCUT2D eigenvalue weighted by Gasteiger charge is 2.23. The number of hydrogen-bond acceptors (Lipinski definition) is 5. The molecule has 0 aliphatic carbocycles. The van der Waals surface area contributed by atoms with E-state index >= 15 is 0 Å². The zero-order chi connectivity index (χ0) is 26.0. The average molecular weight is 681 g/mol. The van der Waals surface area contributed by atoms with Crippen LogP contribution in [0.2, 0.25) is 5.02 Å². The fourth-order valence-electron chi connectivity index (χ4n) is 3.56. The summed E-state index contributed by atoms with van der Waals surface area (Å²) in [5.74, 6) is 1.78. The zero-order valence-electron chi connectivity index (χ0n) is 20.2. The second kappa shape index (κ2) is 10.9. The van der Waals surface area contributed by atoms with Crippen molar-refractivity contribution in [2.24, 2.45) is 5.10 Å². The number of aromatic nitrogens is 2. The minimum Gasteiger partial charge on any atom is -0.493 e. The minimum atomic E-state index is -0.400. The molecular weight excluding hydrogens is 657 g/mol. The first-order valence-corrected chi connectivity index (χ1v) is 13.3. The average Bonchev–Trinajstić information content (AvgIpc) is 2.83. The Balaban J connectivity index is 1.71. The topological polar surface area (TPSA) is 65.7 Å². The monoisotopic (exact) mass is 679 g/mol. The first-order valence-electron chi connectivity index (χ1n) is 11.1. The van der Waals surface area contributed by atoms with Crippen LogP contribution in [0.1, 0.15) is 37.7 Å². The first kappa shape index (κ1) is 26.6. The largest absolute Gasteiger partial charge is 0.493 e. The Labute approximate surface area is 236 Å². The van der Waals surface area contributed by atoms with Gasteiger partial charge in [-0.1, -0.05) is 60.4 Å². The van der Waals surface area contributed by atoms with E-state index in [1.165, 1.54) is 4.68 Å². The number of ether oxygens (including phenoxy) is 2. The van der Waals surface area contributed by atoms with Gasteiger partial charge in [0.25, 0.3) is 5.56 Å². The van der Waals surface area contributed by atoms with E-state index in [-0.39, 0.29) is 5.56 Å². The molecule has 9 heteroatoms. The van der Waals surface area contributed by atoms with Crippen molar-refractivity contribution in [3.8, 4) is 11.5 Å². The Morgan fingerprint density at radius 2 is 1.86 bits per heavy atom. The van der Waals surface area contributed by atoms with E-state index in [0.29, 0.717) is 39.9 Å². The minimum absolute atomic E-state index is 0.230. The highest BCUT2D eigenvalue weighted by molar-refractivity contribution is 14.1. The molecular formula is C27H24BrClIN3O3. The summed E-state index contributed by atoms with van der Waals surface area (Å²) >= 11 is 11.6. The molecule has 1 aromatic heterocycles. The Hall–Kier alpha value is -2.43. The van der Waals surface area contributed by atoms with Crippen LogP contribution >= 0.6 is 50.1 Å². The Kier molecular flexibility index (Phi) is 8.06. The molecule has 0 spiro atoms. The molecule has 186 valence electrons. The number of nitrogens with zero attached hydrogens (tertiary/aromatic N) is 3. The van der Waals surface area contributed by atoms with Crippen LogP contribution in [-0.2, 0) is 12.0 Å². The van der Waals surface area contributed by atoms with Gasteiger partial charge in [0.05, 0.1) is 27.8 Å². The van der Waals surface area contributed by atoms with Crippen LogP contribution in [-0.4, -0.2) is 23.0 Å². The van der Waals surface area contributed by atoms with E-state index in [0.717, 1.165) is 19.2 Å². The third-order valence-electron chi connectivity index (χ3n) is 5.35. The third kappa shape index (κ3) is 5.92. The molecule has 0 radical (unpaired) electrons. The third-order valence-corrected chi connectivity index (χ3v) is 6.90. The number of rotatable bonds is 6. The van der Waals surface area contributed by atoms with Crippen molar-refractivity contribution < 1.29 is 9.47 Å². The standard InChI is InChI=1S/C27H24BrClIN3O3/c1-27(2,3)26-32-22-10-7-18(28)13-20(22)25(34)33(26)31-14-17-11-21(30)24(23(12-17)35-4)36-15-16-5-8-19(29)9-6-16/h5-14H,15H2,1-4H3. The van der Waals surface area contributed by atoms with Gasteiger partial charge in [-0.05, 0) is 76.2 Å². The van der Waals surface area contributed by atoms with E-state index in [4.69, 9.17) is 26.1 Å². The normalized spacial score (nSPS) is 11.9. The molecule has 1 heterocycles. The van der Waals surface area contributed by atoms with Gasteiger partial charge in [-0.15, -0.1) is 0 Å². The van der Waals surface area contributed by atoms with Gasteiger partial charge in [0.15, 0.2) is 11.5 Å².